The summed E-state index contributed by atoms with van der Waals surface area (Å²) in [6.45, 7) is 1.89. The van der Waals surface area contributed by atoms with Crippen molar-refractivity contribution >= 4 is 22.8 Å². The Morgan fingerprint density at radius 2 is 2.00 bits per heavy atom. The molecule has 0 unspecified atom stereocenters. The number of hydrogen-bond donors (Lipinski definition) is 1. The van der Waals surface area contributed by atoms with Crippen molar-refractivity contribution in [1.29, 1.82) is 0 Å². The molecule has 0 aliphatic heterocycles. The standard InChI is InChI=1S/C18H15N5O2/c1-12-10-16(22-25-12)21-17(24)11-23-15-5-3-2-4-14(15)20-18(23)13-6-8-19-9-7-13/h2-10H,11H2,1H3,(H,21,22,24). The van der Waals surface area contributed by atoms with Crippen molar-refractivity contribution in [2.24, 2.45) is 0 Å². The highest BCUT2D eigenvalue weighted by Gasteiger charge is 2.15. The van der Waals surface area contributed by atoms with E-state index in [1.807, 2.05) is 41.0 Å². The number of hydrogen-bond acceptors (Lipinski definition) is 5. The van der Waals surface area contributed by atoms with E-state index in [0.29, 0.717) is 11.6 Å². The number of imidazole rings is 1. The number of aryl methyl sites for hydroxylation is 1. The van der Waals surface area contributed by atoms with Gasteiger partial charge in [-0.05, 0) is 31.2 Å². The Morgan fingerprint density at radius 3 is 2.76 bits per heavy atom. The molecule has 0 saturated heterocycles. The number of aromatic nitrogens is 4. The molecule has 0 fully saturated rings. The van der Waals surface area contributed by atoms with Gasteiger partial charge in [0, 0.05) is 24.0 Å². The van der Waals surface area contributed by atoms with Crippen molar-refractivity contribution < 1.29 is 9.32 Å². The fourth-order valence-corrected chi connectivity index (χ4v) is 2.71. The molecule has 0 aliphatic rings. The molecular formula is C18H15N5O2. The fraction of sp³-hybridized carbons (Fsp3) is 0.111. The number of benzene rings is 1. The van der Waals surface area contributed by atoms with Crippen LogP contribution in [0.3, 0.4) is 0 Å². The molecule has 4 aromatic rings. The minimum absolute atomic E-state index is 0.115. The Morgan fingerprint density at radius 1 is 1.20 bits per heavy atom. The van der Waals surface area contributed by atoms with Crippen molar-refractivity contribution in [2.75, 3.05) is 5.32 Å². The molecule has 0 spiro atoms. The average molecular weight is 333 g/mol. The van der Waals surface area contributed by atoms with Gasteiger partial charge in [-0.25, -0.2) is 4.98 Å². The number of fused-ring (bicyclic) bond motifs is 1. The summed E-state index contributed by atoms with van der Waals surface area (Å²) in [6, 6.07) is 13.1. The van der Waals surface area contributed by atoms with Crippen molar-refractivity contribution in [3.05, 3.63) is 60.6 Å². The molecule has 7 nitrogen and oxygen atoms in total. The smallest absolute Gasteiger partial charge is 0.245 e. The number of carbonyl (C=O) groups is 1. The maximum atomic E-state index is 12.5. The first kappa shape index (κ1) is 15.1. The molecule has 0 radical (unpaired) electrons. The number of nitrogens with one attached hydrogen (secondary N) is 1. The van der Waals surface area contributed by atoms with Crippen LogP contribution in [0.5, 0.6) is 0 Å². The molecule has 0 bridgehead atoms. The van der Waals surface area contributed by atoms with Crippen LogP contribution >= 0.6 is 0 Å². The number of pyridine rings is 1. The van der Waals surface area contributed by atoms with E-state index >= 15 is 0 Å². The number of para-hydroxylation sites is 2. The van der Waals surface area contributed by atoms with Crippen LogP contribution in [0.4, 0.5) is 5.82 Å². The van der Waals surface area contributed by atoms with Gasteiger partial charge in [-0.2, -0.15) is 0 Å². The predicted molar refractivity (Wildman–Crippen MR) is 92.8 cm³/mol. The highest BCUT2D eigenvalue weighted by Crippen LogP contribution is 2.24. The van der Waals surface area contributed by atoms with Crippen molar-refractivity contribution in [3.8, 4) is 11.4 Å². The minimum Gasteiger partial charge on any atom is -0.360 e. The van der Waals surface area contributed by atoms with Gasteiger partial charge in [-0.15, -0.1) is 0 Å². The van der Waals surface area contributed by atoms with Crippen molar-refractivity contribution in [1.82, 2.24) is 19.7 Å². The highest BCUT2D eigenvalue weighted by atomic mass is 16.5. The largest absolute Gasteiger partial charge is 0.360 e. The first-order valence-electron chi connectivity index (χ1n) is 7.79. The van der Waals surface area contributed by atoms with Crippen LogP contribution in [-0.2, 0) is 11.3 Å². The molecule has 0 saturated carbocycles. The maximum Gasteiger partial charge on any atom is 0.245 e. The number of carbonyl (C=O) groups excluding carboxylic acids is 1. The highest BCUT2D eigenvalue weighted by molar-refractivity contribution is 5.91. The van der Waals surface area contributed by atoms with Crippen molar-refractivity contribution in [2.45, 2.75) is 13.5 Å². The van der Waals surface area contributed by atoms with E-state index in [9.17, 15) is 4.79 Å². The third-order valence-corrected chi connectivity index (χ3v) is 3.79. The van der Waals surface area contributed by atoms with Crippen LogP contribution in [0.25, 0.3) is 22.4 Å². The summed E-state index contributed by atoms with van der Waals surface area (Å²) in [5.74, 6) is 1.56. The van der Waals surface area contributed by atoms with Gasteiger partial charge in [0.1, 0.15) is 18.1 Å². The summed E-state index contributed by atoms with van der Waals surface area (Å²) < 4.78 is 6.85. The third-order valence-electron chi connectivity index (χ3n) is 3.79. The molecule has 1 aromatic carbocycles. The minimum atomic E-state index is -0.202. The van der Waals surface area contributed by atoms with Gasteiger partial charge in [0.2, 0.25) is 5.91 Å². The van der Waals surface area contributed by atoms with E-state index < -0.39 is 0 Å². The Labute approximate surface area is 143 Å². The van der Waals surface area contributed by atoms with E-state index in [0.717, 1.165) is 22.4 Å². The molecule has 7 heteroatoms. The van der Waals surface area contributed by atoms with Gasteiger partial charge in [-0.1, -0.05) is 17.3 Å². The topological polar surface area (TPSA) is 85.8 Å². The molecular weight excluding hydrogens is 318 g/mol. The molecule has 1 N–H and O–H groups in total. The lowest BCUT2D eigenvalue weighted by Gasteiger charge is -2.08. The lowest BCUT2D eigenvalue weighted by atomic mass is 10.2. The zero-order valence-corrected chi connectivity index (χ0v) is 13.5. The van der Waals surface area contributed by atoms with E-state index in [1.165, 1.54) is 0 Å². The Balaban J connectivity index is 1.71. The van der Waals surface area contributed by atoms with Crippen LogP contribution in [-0.4, -0.2) is 25.6 Å². The lowest BCUT2D eigenvalue weighted by molar-refractivity contribution is -0.116. The SMILES string of the molecule is Cc1cc(NC(=O)Cn2c(-c3ccncc3)nc3ccccc32)no1. The molecule has 1 amide bonds. The second-order valence-corrected chi connectivity index (χ2v) is 5.62. The van der Waals surface area contributed by atoms with E-state index in [1.54, 1.807) is 25.4 Å². The quantitative estimate of drug-likeness (QED) is 0.620. The number of nitrogens with zero attached hydrogens (tertiary/aromatic N) is 4. The number of rotatable bonds is 4. The van der Waals surface area contributed by atoms with Crippen LogP contribution < -0.4 is 5.32 Å². The monoisotopic (exact) mass is 333 g/mol. The summed E-state index contributed by atoms with van der Waals surface area (Å²) in [5.41, 5.74) is 2.62. The average Bonchev–Trinajstić information content (AvgIpc) is 3.19. The van der Waals surface area contributed by atoms with E-state index in [-0.39, 0.29) is 12.5 Å². The molecule has 4 rings (SSSR count). The summed E-state index contributed by atoms with van der Waals surface area (Å²) >= 11 is 0. The Bertz CT molecular complexity index is 1040. The normalized spacial score (nSPS) is 10.9. The zero-order valence-electron chi connectivity index (χ0n) is 13.5. The van der Waals surface area contributed by atoms with Gasteiger partial charge < -0.3 is 14.4 Å². The second kappa shape index (κ2) is 6.20. The number of amides is 1. The molecule has 0 atom stereocenters. The first-order chi connectivity index (χ1) is 12.2. The maximum absolute atomic E-state index is 12.5. The number of anilines is 1. The summed E-state index contributed by atoms with van der Waals surface area (Å²) in [7, 11) is 0. The second-order valence-electron chi connectivity index (χ2n) is 5.62. The van der Waals surface area contributed by atoms with Gasteiger partial charge in [0.25, 0.3) is 0 Å². The summed E-state index contributed by atoms with van der Waals surface area (Å²) in [4.78, 5) is 21.2. The predicted octanol–water partition coefficient (Wildman–Crippen LogP) is 3.03. The van der Waals surface area contributed by atoms with E-state index in [4.69, 9.17) is 4.52 Å². The zero-order chi connectivity index (χ0) is 17.2. The van der Waals surface area contributed by atoms with Crippen LogP contribution in [0.15, 0.2) is 59.4 Å². The summed E-state index contributed by atoms with van der Waals surface area (Å²) in [6.07, 6.45) is 3.41. The van der Waals surface area contributed by atoms with Gasteiger partial charge in [-0.3, -0.25) is 9.78 Å². The van der Waals surface area contributed by atoms with Crippen LogP contribution in [0.1, 0.15) is 5.76 Å². The van der Waals surface area contributed by atoms with Gasteiger partial charge in [0.05, 0.1) is 11.0 Å². The Hall–Kier alpha value is -3.48. The molecule has 25 heavy (non-hydrogen) atoms. The molecule has 3 heterocycles. The first-order valence-corrected chi connectivity index (χ1v) is 7.79. The van der Waals surface area contributed by atoms with Crippen LogP contribution in [0.2, 0.25) is 0 Å². The lowest BCUT2D eigenvalue weighted by Crippen LogP contribution is -2.19. The summed E-state index contributed by atoms with van der Waals surface area (Å²) in [5, 5.41) is 6.53. The van der Waals surface area contributed by atoms with E-state index in [2.05, 4.69) is 20.4 Å². The van der Waals surface area contributed by atoms with Crippen LogP contribution in [0, 0.1) is 6.92 Å². The molecule has 124 valence electrons. The fourth-order valence-electron chi connectivity index (χ4n) is 2.71. The van der Waals surface area contributed by atoms with Crippen molar-refractivity contribution in [3.63, 3.8) is 0 Å². The van der Waals surface area contributed by atoms with Gasteiger partial charge >= 0.3 is 0 Å². The van der Waals surface area contributed by atoms with Gasteiger partial charge in [0.15, 0.2) is 5.82 Å². The molecule has 0 aliphatic carbocycles. The third kappa shape index (κ3) is 2.99. The molecule has 3 aromatic heterocycles. The Kier molecular flexibility index (Phi) is 3.74.